The molecule has 0 unspecified atom stereocenters. The molecule has 1 fully saturated rings. The molecule has 2 aromatic rings. The maximum atomic E-state index is 12.3. The van der Waals surface area contributed by atoms with Gasteiger partial charge in [0.1, 0.15) is 5.82 Å². The number of rotatable bonds is 4. The molecule has 3 heterocycles. The highest BCUT2D eigenvalue weighted by Crippen LogP contribution is 2.18. The molecule has 1 N–H and O–H groups in total. The van der Waals surface area contributed by atoms with E-state index >= 15 is 0 Å². The van der Waals surface area contributed by atoms with Gasteiger partial charge in [-0.25, -0.2) is 0 Å². The van der Waals surface area contributed by atoms with Crippen molar-refractivity contribution in [1.29, 1.82) is 0 Å². The molecule has 2 aromatic heterocycles. The number of nitrogens with zero attached hydrogens (tertiary/aromatic N) is 4. The molecule has 0 saturated carbocycles. The van der Waals surface area contributed by atoms with E-state index in [2.05, 4.69) is 36.3 Å². The van der Waals surface area contributed by atoms with Crippen molar-refractivity contribution in [2.24, 2.45) is 0 Å². The van der Waals surface area contributed by atoms with Gasteiger partial charge < -0.3 is 19.5 Å². The Morgan fingerprint density at radius 3 is 2.57 bits per heavy atom. The molecule has 7 nitrogen and oxygen atoms in total. The number of anilines is 2. The summed E-state index contributed by atoms with van der Waals surface area (Å²) in [6.07, 6.45) is 0. The van der Waals surface area contributed by atoms with E-state index in [1.807, 2.05) is 19.1 Å². The van der Waals surface area contributed by atoms with E-state index in [-0.39, 0.29) is 5.91 Å². The van der Waals surface area contributed by atoms with Gasteiger partial charge in [-0.15, -0.1) is 10.2 Å². The van der Waals surface area contributed by atoms with Crippen molar-refractivity contribution < 1.29 is 9.21 Å². The SMILES string of the molecule is CCNc1ccc(N2CCN(C(=O)c3ccc(Br)o3)CC2)nn1. The minimum atomic E-state index is -0.0797. The third-order valence-corrected chi connectivity index (χ3v) is 4.11. The molecule has 122 valence electrons. The van der Waals surface area contributed by atoms with Gasteiger partial charge >= 0.3 is 0 Å². The van der Waals surface area contributed by atoms with Gasteiger partial charge in [0.15, 0.2) is 16.2 Å². The Hall–Kier alpha value is -2.09. The fourth-order valence-corrected chi connectivity index (χ4v) is 2.80. The van der Waals surface area contributed by atoms with Gasteiger partial charge in [0.2, 0.25) is 0 Å². The van der Waals surface area contributed by atoms with Crippen LogP contribution in [0.4, 0.5) is 11.6 Å². The normalized spacial score (nSPS) is 14.9. The zero-order chi connectivity index (χ0) is 16.2. The molecule has 1 aliphatic heterocycles. The van der Waals surface area contributed by atoms with Gasteiger partial charge in [-0.3, -0.25) is 4.79 Å². The first-order valence-corrected chi connectivity index (χ1v) is 8.34. The molecule has 23 heavy (non-hydrogen) atoms. The molecule has 1 amide bonds. The van der Waals surface area contributed by atoms with Crippen LogP contribution in [-0.4, -0.2) is 53.7 Å². The van der Waals surface area contributed by atoms with Crippen LogP contribution in [0, 0.1) is 0 Å². The topological polar surface area (TPSA) is 74.5 Å². The summed E-state index contributed by atoms with van der Waals surface area (Å²) in [7, 11) is 0. The van der Waals surface area contributed by atoms with Gasteiger partial charge in [0.05, 0.1) is 0 Å². The fourth-order valence-electron chi connectivity index (χ4n) is 2.49. The lowest BCUT2D eigenvalue weighted by molar-refractivity contribution is 0.0713. The predicted octanol–water partition coefficient (Wildman–Crippen LogP) is 2.23. The van der Waals surface area contributed by atoms with Gasteiger partial charge in [0, 0.05) is 32.7 Å². The Balaban J connectivity index is 1.58. The Labute approximate surface area is 142 Å². The van der Waals surface area contributed by atoms with Crippen molar-refractivity contribution in [3.8, 4) is 0 Å². The van der Waals surface area contributed by atoms with Gasteiger partial charge in [-0.2, -0.15) is 0 Å². The van der Waals surface area contributed by atoms with Crippen molar-refractivity contribution in [2.45, 2.75) is 6.92 Å². The first-order valence-electron chi connectivity index (χ1n) is 7.54. The summed E-state index contributed by atoms with van der Waals surface area (Å²) in [6, 6.07) is 7.28. The maximum absolute atomic E-state index is 12.3. The summed E-state index contributed by atoms with van der Waals surface area (Å²) in [5, 5.41) is 11.5. The van der Waals surface area contributed by atoms with Crippen LogP contribution in [0.25, 0.3) is 0 Å². The lowest BCUT2D eigenvalue weighted by Crippen LogP contribution is -2.49. The molecule has 3 rings (SSSR count). The molecule has 0 aliphatic carbocycles. The summed E-state index contributed by atoms with van der Waals surface area (Å²) in [4.78, 5) is 16.3. The summed E-state index contributed by atoms with van der Waals surface area (Å²) >= 11 is 3.22. The van der Waals surface area contributed by atoms with Crippen LogP contribution >= 0.6 is 15.9 Å². The highest BCUT2D eigenvalue weighted by atomic mass is 79.9. The largest absolute Gasteiger partial charge is 0.444 e. The lowest BCUT2D eigenvalue weighted by atomic mass is 10.3. The number of carbonyl (C=O) groups is 1. The monoisotopic (exact) mass is 379 g/mol. The molecule has 0 radical (unpaired) electrons. The van der Waals surface area contributed by atoms with Crippen LogP contribution in [0.3, 0.4) is 0 Å². The minimum absolute atomic E-state index is 0.0797. The van der Waals surface area contributed by atoms with Crippen molar-refractivity contribution in [3.05, 3.63) is 34.7 Å². The lowest BCUT2D eigenvalue weighted by Gasteiger charge is -2.34. The third-order valence-electron chi connectivity index (χ3n) is 3.68. The number of hydrogen-bond donors (Lipinski definition) is 1. The standard InChI is InChI=1S/C15H18BrN5O2/c1-2-17-13-5-6-14(19-18-13)20-7-9-21(10-8-20)15(22)11-3-4-12(16)23-11/h3-6H,2,7-10H2,1H3,(H,17,18). The predicted molar refractivity (Wildman–Crippen MR) is 90.7 cm³/mol. The van der Waals surface area contributed by atoms with Crippen molar-refractivity contribution in [1.82, 2.24) is 15.1 Å². The number of halogens is 1. The number of nitrogens with one attached hydrogen (secondary N) is 1. The van der Waals surface area contributed by atoms with Crippen LogP contribution < -0.4 is 10.2 Å². The molecule has 0 atom stereocenters. The molecule has 8 heteroatoms. The van der Waals surface area contributed by atoms with Crippen LogP contribution in [0.2, 0.25) is 0 Å². The fraction of sp³-hybridized carbons (Fsp3) is 0.400. The molecule has 0 aromatic carbocycles. The second kappa shape index (κ2) is 6.99. The molecular weight excluding hydrogens is 362 g/mol. The minimum Gasteiger partial charge on any atom is -0.444 e. The quantitative estimate of drug-likeness (QED) is 0.877. The van der Waals surface area contributed by atoms with E-state index in [1.54, 1.807) is 17.0 Å². The van der Waals surface area contributed by atoms with E-state index in [9.17, 15) is 4.79 Å². The van der Waals surface area contributed by atoms with Gasteiger partial charge in [-0.05, 0) is 47.1 Å². The van der Waals surface area contributed by atoms with Crippen molar-refractivity contribution in [2.75, 3.05) is 42.9 Å². The average molecular weight is 380 g/mol. The van der Waals surface area contributed by atoms with Crippen LogP contribution in [0.15, 0.2) is 33.4 Å². The number of carbonyl (C=O) groups excluding carboxylic acids is 1. The Kier molecular flexibility index (Phi) is 4.80. The molecular formula is C15H18BrN5O2. The smallest absolute Gasteiger partial charge is 0.289 e. The van der Waals surface area contributed by atoms with Gasteiger partial charge in [-0.1, -0.05) is 0 Å². The molecule has 1 aliphatic rings. The Morgan fingerprint density at radius 1 is 1.22 bits per heavy atom. The first-order chi connectivity index (χ1) is 11.2. The maximum Gasteiger partial charge on any atom is 0.289 e. The van der Waals surface area contributed by atoms with Crippen LogP contribution in [-0.2, 0) is 0 Å². The highest BCUT2D eigenvalue weighted by Gasteiger charge is 2.24. The van der Waals surface area contributed by atoms with Crippen LogP contribution in [0.1, 0.15) is 17.5 Å². The van der Waals surface area contributed by atoms with E-state index in [0.29, 0.717) is 23.5 Å². The number of furan rings is 1. The second-order valence-corrected chi connectivity index (χ2v) is 5.97. The van der Waals surface area contributed by atoms with E-state index in [1.165, 1.54) is 0 Å². The Morgan fingerprint density at radius 2 is 2.00 bits per heavy atom. The summed E-state index contributed by atoms with van der Waals surface area (Å²) in [5.74, 6) is 1.89. The van der Waals surface area contributed by atoms with E-state index in [0.717, 1.165) is 31.3 Å². The second-order valence-electron chi connectivity index (χ2n) is 5.19. The zero-order valence-electron chi connectivity index (χ0n) is 12.8. The zero-order valence-corrected chi connectivity index (χ0v) is 14.4. The average Bonchev–Trinajstić information content (AvgIpc) is 3.02. The molecule has 1 saturated heterocycles. The Bertz CT molecular complexity index is 665. The molecule has 0 bridgehead atoms. The number of hydrogen-bond acceptors (Lipinski definition) is 6. The first kappa shape index (κ1) is 15.8. The van der Waals surface area contributed by atoms with Crippen LogP contribution in [0.5, 0.6) is 0 Å². The summed E-state index contributed by atoms with van der Waals surface area (Å²) in [6.45, 7) is 5.55. The summed E-state index contributed by atoms with van der Waals surface area (Å²) in [5.41, 5.74) is 0. The summed E-state index contributed by atoms with van der Waals surface area (Å²) < 4.78 is 5.89. The van der Waals surface area contributed by atoms with Crippen molar-refractivity contribution in [3.63, 3.8) is 0 Å². The molecule has 0 spiro atoms. The third kappa shape index (κ3) is 3.64. The number of amides is 1. The van der Waals surface area contributed by atoms with E-state index in [4.69, 9.17) is 4.42 Å². The van der Waals surface area contributed by atoms with E-state index < -0.39 is 0 Å². The van der Waals surface area contributed by atoms with Crippen molar-refractivity contribution >= 4 is 33.5 Å². The van der Waals surface area contributed by atoms with Gasteiger partial charge in [0.25, 0.3) is 5.91 Å². The number of piperazine rings is 1. The number of aromatic nitrogens is 2. The highest BCUT2D eigenvalue weighted by molar-refractivity contribution is 9.10.